The molecule has 0 unspecified atom stereocenters. The van der Waals surface area contributed by atoms with Crippen LogP contribution in [0.2, 0.25) is 0 Å². The lowest BCUT2D eigenvalue weighted by Crippen LogP contribution is -1.89. The number of nitrogens with zero attached hydrogens (tertiary/aromatic N) is 2. The second kappa shape index (κ2) is 8.32. The van der Waals surface area contributed by atoms with Crippen LogP contribution < -0.4 is 0 Å². The third kappa shape index (κ3) is 4.57. The molecule has 114 valence electrons. The standard InChI is InChI=1S/C12H8N2O4S4/c15-13(16)9-5-1-3-7-11(9)19-21-22-20-12-8-4-2-6-10(12)14(17)18/h1-8H. The van der Waals surface area contributed by atoms with Gasteiger partial charge in [-0.25, -0.2) is 0 Å². The van der Waals surface area contributed by atoms with Crippen molar-refractivity contribution in [3.05, 3.63) is 68.8 Å². The minimum Gasteiger partial charge on any atom is -0.258 e. The molecule has 0 bridgehead atoms. The molecule has 0 atom stereocenters. The van der Waals surface area contributed by atoms with Crippen LogP contribution in [0, 0.1) is 20.2 Å². The Labute approximate surface area is 140 Å². The van der Waals surface area contributed by atoms with Gasteiger partial charge in [0.05, 0.1) is 19.6 Å². The van der Waals surface area contributed by atoms with E-state index >= 15 is 0 Å². The Morgan fingerprint density at radius 3 is 1.41 bits per heavy atom. The molecule has 0 fully saturated rings. The minimum atomic E-state index is -0.428. The highest BCUT2D eigenvalue weighted by Gasteiger charge is 2.15. The maximum atomic E-state index is 10.9. The molecule has 2 aromatic carbocycles. The van der Waals surface area contributed by atoms with Gasteiger partial charge >= 0.3 is 0 Å². The average molecular weight is 372 g/mol. The molecule has 0 N–H and O–H groups in total. The van der Waals surface area contributed by atoms with Crippen LogP contribution in [0.15, 0.2) is 58.3 Å². The summed E-state index contributed by atoms with van der Waals surface area (Å²) < 4.78 is 0. The lowest BCUT2D eigenvalue weighted by Gasteiger charge is -2.02. The molecule has 0 amide bonds. The Hall–Kier alpha value is -1.36. The monoisotopic (exact) mass is 372 g/mol. The lowest BCUT2D eigenvalue weighted by molar-refractivity contribution is -0.387. The number of para-hydroxylation sites is 2. The fourth-order valence-electron chi connectivity index (χ4n) is 1.46. The van der Waals surface area contributed by atoms with Gasteiger partial charge in [-0.15, -0.1) is 0 Å². The van der Waals surface area contributed by atoms with E-state index in [0.717, 1.165) is 0 Å². The first-order valence-electron chi connectivity index (χ1n) is 5.74. The third-order valence-electron chi connectivity index (χ3n) is 2.40. The molecule has 0 radical (unpaired) electrons. The van der Waals surface area contributed by atoms with Crippen LogP contribution in [0.25, 0.3) is 0 Å². The van der Waals surface area contributed by atoms with E-state index in [1.807, 2.05) is 0 Å². The summed E-state index contributed by atoms with van der Waals surface area (Å²) in [6, 6.07) is 12.9. The van der Waals surface area contributed by atoms with Crippen LogP contribution >= 0.6 is 41.2 Å². The third-order valence-corrected chi connectivity index (χ3v) is 8.52. The summed E-state index contributed by atoms with van der Waals surface area (Å²) in [5.74, 6) is 0. The molecule has 0 saturated carbocycles. The van der Waals surface area contributed by atoms with Crippen molar-refractivity contribution >= 4 is 52.6 Å². The van der Waals surface area contributed by atoms with Gasteiger partial charge in [0.15, 0.2) is 0 Å². The zero-order valence-corrected chi connectivity index (χ0v) is 14.0. The van der Waals surface area contributed by atoms with Crippen molar-refractivity contribution < 1.29 is 9.85 Å². The van der Waals surface area contributed by atoms with Crippen molar-refractivity contribution in [2.24, 2.45) is 0 Å². The normalized spacial score (nSPS) is 10.4. The van der Waals surface area contributed by atoms with Crippen molar-refractivity contribution in [1.82, 2.24) is 0 Å². The Kier molecular flexibility index (Phi) is 6.43. The second-order valence-electron chi connectivity index (χ2n) is 3.75. The van der Waals surface area contributed by atoms with Gasteiger partial charge in [-0.3, -0.25) is 20.2 Å². The Balaban J connectivity index is 1.93. The summed E-state index contributed by atoms with van der Waals surface area (Å²) in [6.07, 6.45) is 0. The van der Waals surface area contributed by atoms with Crippen molar-refractivity contribution in [3.63, 3.8) is 0 Å². The predicted octanol–water partition coefficient (Wildman–Crippen LogP) is 5.60. The summed E-state index contributed by atoms with van der Waals surface area (Å²) in [4.78, 5) is 22.0. The molecule has 0 heterocycles. The quantitative estimate of drug-likeness (QED) is 0.269. The van der Waals surface area contributed by atoms with E-state index in [0.29, 0.717) is 9.79 Å². The first-order valence-corrected chi connectivity index (χ1v) is 10.6. The highest BCUT2D eigenvalue weighted by atomic mass is 33.7. The van der Waals surface area contributed by atoms with E-state index in [1.165, 1.54) is 53.4 Å². The van der Waals surface area contributed by atoms with E-state index in [1.54, 1.807) is 36.4 Å². The summed E-state index contributed by atoms with van der Waals surface area (Å²) in [6.45, 7) is 0. The zero-order valence-electron chi connectivity index (χ0n) is 10.8. The van der Waals surface area contributed by atoms with Gasteiger partial charge in [-0.05, 0) is 53.4 Å². The fraction of sp³-hybridized carbons (Fsp3) is 0. The first kappa shape index (κ1) is 17.0. The summed E-state index contributed by atoms with van der Waals surface area (Å²) >= 11 is 0. The predicted molar refractivity (Wildman–Crippen MR) is 93.1 cm³/mol. The number of nitro benzene ring substituents is 2. The van der Waals surface area contributed by atoms with Crippen LogP contribution in [0.3, 0.4) is 0 Å². The van der Waals surface area contributed by atoms with Crippen LogP contribution in [-0.4, -0.2) is 9.85 Å². The minimum absolute atomic E-state index is 0.0521. The highest BCUT2D eigenvalue weighted by Crippen LogP contribution is 2.52. The van der Waals surface area contributed by atoms with E-state index in [9.17, 15) is 20.2 Å². The van der Waals surface area contributed by atoms with Crippen molar-refractivity contribution in [2.75, 3.05) is 0 Å². The average Bonchev–Trinajstić information content (AvgIpc) is 2.52. The maximum Gasteiger partial charge on any atom is 0.283 e. The molecular weight excluding hydrogens is 364 g/mol. The van der Waals surface area contributed by atoms with Gasteiger partial charge in [-0.1, -0.05) is 24.3 Å². The number of rotatable bonds is 7. The van der Waals surface area contributed by atoms with E-state index < -0.39 is 9.85 Å². The van der Waals surface area contributed by atoms with E-state index in [2.05, 4.69) is 0 Å². The number of hydrogen-bond acceptors (Lipinski definition) is 8. The fourth-order valence-corrected chi connectivity index (χ4v) is 7.16. The number of nitro groups is 2. The summed E-state index contributed by atoms with van der Waals surface area (Å²) in [5, 5.41) is 21.8. The van der Waals surface area contributed by atoms with Crippen molar-refractivity contribution in [2.45, 2.75) is 9.79 Å². The smallest absolute Gasteiger partial charge is 0.258 e. The van der Waals surface area contributed by atoms with Crippen LogP contribution in [0.5, 0.6) is 0 Å². The molecule has 6 nitrogen and oxygen atoms in total. The van der Waals surface area contributed by atoms with Gasteiger partial charge in [0, 0.05) is 12.1 Å². The molecule has 0 aliphatic rings. The second-order valence-corrected chi connectivity index (χ2v) is 9.50. The highest BCUT2D eigenvalue weighted by molar-refractivity contribution is 9.26. The molecule has 22 heavy (non-hydrogen) atoms. The number of benzene rings is 2. The Morgan fingerprint density at radius 1 is 0.682 bits per heavy atom. The number of hydrogen-bond donors (Lipinski definition) is 0. The first-order chi connectivity index (χ1) is 10.6. The molecular formula is C12H8N2O4S4. The molecule has 0 aromatic heterocycles. The van der Waals surface area contributed by atoms with E-state index in [-0.39, 0.29) is 11.4 Å². The Bertz CT molecular complexity index is 639. The largest absolute Gasteiger partial charge is 0.283 e. The van der Waals surface area contributed by atoms with Crippen molar-refractivity contribution in [1.29, 1.82) is 0 Å². The maximum absolute atomic E-state index is 10.9. The van der Waals surface area contributed by atoms with Gasteiger partial charge < -0.3 is 0 Å². The lowest BCUT2D eigenvalue weighted by atomic mass is 10.3. The zero-order chi connectivity index (χ0) is 15.9. The summed E-state index contributed by atoms with van der Waals surface area (Å²) in [5.41, 5.74) is 0.104. The van der Waals surface area contributed by atoms with Gasteiger partial charge in [0.1, 0.15) is 0 Å². The van der Waals surface area contributed by atoms with Gasteiger partial charge in [0.25, 0.3) is 11.4 Å². The van der Waals surface area contributed by atoms with E-state index in [4.69, 9.17) is 0 Å². The molecule has 10 heteroatoms. The topological polar surface area (TPSA) is 86.3 Å². The molecule has 0 aliphatic carbocycles. The van der Waals surface area contributed by atoms with Crippen LogP contribution in [-0.2, 0) is 0 Å². The molecule has 0 spiro atoms. The van der Waals surface area contributed by atoms with Crippen LogP contribution in [0.4, 0.5) is 11.4 Å². The molecule has 0 aliphatic heterocycles. The molecule has 2 rings (SSSR count). The SMILES string of the molecule is O=[N+]([O-])c1ccccc1SSSSc1ccccc1[N+](=O)[O-]. The van der Waals surface area contributed by atoms with Crippen LogP contribution in [0.1, 0.15) is 0 Å². The molecule has 2 aromatic rings. The van der Waals surface area contributed by atoms with Gasteiger partial charge in [-0.2, -0.15) is 0 Å². The van der Waals surface area contributed by atoms with Crippen molar-refractivity contribution in [3.8, 4) is 0 Å². The van der Waals surface area contributed by atoms with Gasteiger partial charge in [0.2, 0.25) is 0 Å². The molecule has 0 saturated heterocycles. The Morgan fingerprint density at radius 2 is 1.05 bits per heavy atom. The summed E-state index contributed by atoms with van der Waals surface area (Å²) in [7, 11) is 5.16.